The van der Waals surface area contributed by atoms with Gasteiger partial charge >= 0.3 is 0 Å². The third kappa shape index (κ3) is 6.70. The average molecular weight is 488 g/mol. The van der Waals surface area contributed by atoms with Gasteiger partial charge in [0.1, 0.15) is 11.6 Å². The molecule has 1 aromatic heterocycles. The van der Waals surface area contributed by atoms with E-state index >= 15 is 0 Å². The average Bonchev–Trinajstić information content (AvgIpc) is 3.29. The molecule has 0 atom stereocenters. The number of benzene rings is 3. The second-order valence-electron chi connectivity index (χ2n) is 7.64. The molecule has 4 rings (SSSR count). The number of thioether (sulfide) groups is 1. The summed E-state index contributed by atoms with van der Waals surface area (Å²) in [5.41, 5.74) is 7.75. The van der Waals surface area contributed by atoms with Gasteiger partial charge in [-0.15, -0.1) is 10.2 Å². The summed E-state index contributed by atoms with van der Waals surface area (Å²) < 4.78 is 7.20. The molecule has 0 aliphatic rings. The molecular formula is C26H25N5O3S. The van der Waals surface area contributed by atoms with E-state index < -0.39 is 0 Å². The topological polar surface area (TPSA) is 98.1 Å². The van der Waals surface area contributed by atoms with E-state index in [1.165, 1.54) is 11.8 Å². The van der Waals surface area contributed by atoms with E-state index in [1.807, 2.05) is 89.5 Å². The van der Waals surface area contributed by atoms with Crippen molar-refractivity contribution in [2.75, 3.05) is 12.9 Å². The van der Waals surface area contributed by atoms with E-state index in [0.29, 0.717) is 11.6 Å². The Kier molecular flexibility index (Phi) is 8.13. The van der Waals surface area contributed by atoms with Gasteiger partial charge in [-0.1, -0.05) is 72.4 Å². The lowest BCUT2D eigenvalue weighted by atomic mass is 10.1. The molecule has 4 aromatic rings. The monoisotopic (exact) mass is 487 g/mol. The number of carbonyl (C=O) groups is 2. The second kappa shape index (κ2) is 11.8. The van der Waals surface area contributed by atoms with Gasteiger partial charge in [-0.3, -0.25) is 25.0 Å². The highest BCUT2D eigenvalue weighted by molar-refractivity contribution is 7.99. The van der Waals surface area contributed by atoms with Crippen LogP contribution in [0, 0.1) is 0 Å². The van der Waals surface area contributed by atoms with Crippen LogP contribution >= 0.6 is 11.8 Å². The third-order valence-corrected chi connectivity index (χ3v) is 6.05. The maximum Gasteiger partial charge on any atom is 0.248 e. The Labute approximate surface area is 207 Å². The molecule has 0 aliphatic heterocycles. The summed E-state index contributed by atoms with van der Waals surface area (Å²) in [5, 5.41) is 9.30. The van der Waals surface area contributed by atoms with E-state index in [9.17, 15) is 9.59 Å². The van der Waals surface area contributed by atoms with Crippen LogP contribution < -0.4 is 15.6 Å². The lowest BCUT2D eigenvalue weighted by molar-refractivity contribution is -0.127. The van der Waals surface area contributed by atoms with Gasteiger partial charge in [-0.25, -0.2) is 0 Å². The molecule has 2 N–H and O–H groups in total. The molecule has 0 saturated carbocycles. The van der Waals surface area contributed by atoms with Gasteiger partial charge < -0.3 is 4.74 Å². The van der Waals surface area contributed by atoms with Crippen LogP contribution in [0.25, 0.3) is 5.69 Å². The van der Waals surface area contributed by atoms with Crippen molar-refractivity contribution < 1.29 is 14.3 Å². The van der Waals surface area contributed by atoms with E-state index in [4.69, 9.17) is 4.74 Å². The molecule has 178 valence electrons. The maximum atomic E-state index is 12.4. The van der Waals surface area contributed by atoms with Crippen LogP contribution in [-0.2, 0) is 22.4 Å². The van der Waals surface area contributed by atoms with E-state index in [0.717, 1.165) is 28.4 Å². The molecule has 0 saturated heterocycles. The van der Waals surface area contributed by atoms with Crippen LogP contribution in [0.3, 0.4) is 0 Å². The van der Waals surface area contributed by atoms with Crippen LogP contribution in [-0.4, -0.2) is 39.4 Å². The van der Waals surface area contributed by atoms with Crippen molar-refractivity contribution in [1.82, 2.24) is 25.6 Å². The fraction of sp³-hybridized carbons (Fsp3) is 0.154. The fourth-order valence-corrected chi connectivity index (χ4v) is 4.18. The van der Waals surface area contributed by atoms with Crippen molar-refractivity contribution in [3.8, 4) is 11.4 Å². The minimum atomic E-state index is -0.342. The molecule has 0 fully saturated rings. The molecule has 8 nitrogen and oxygen atoms in total. The maximum absolute atomic E-state index is 12.4. The second-order valence-corrected chi connectivity index (χ2v) is 8.58. The highest BCUT2D eigenvalue weighted by Gasteiger charge is 2.17. The normalized spacial score (nSPS) is 10.5. The lowest BCUT2D eigenvalue weighted by Crippen LogP contribution is -2.43. The lowest BCUT2D eigenvalue weighted by Gasteiger charge is -2.11. The number of ether oxygens (including phenoxy) is 1. The van der Waals surface area contributed by atoms with Crippen LogP contribution in [0.4, 0.5) is 0 Å². The largest absolute Gasteiger partial charge is 0.497 e. The number of hydrogen-bond donors (Lipinski definition) is 2. The summed E-state index contributed by atoms with van der Waals surface area (Å²) in [6, 6.07) is 26.9. The minimum Gasteiger partial charge on any atom is -0.497 e. The first-order valence-corrected chi connectivity index (χ1v) is 12.0. The zero-order chi connectivity index (χ0) is 24.5. The van der Waals surface area contributed by atoms with Gasteiger partial charge in [0.15, 0.2) is 5.16 Å². The zero-order valence-electron chi connectivity index (χ0n) is 19.2. The minimum absolute atomic E-state index is 0.0608. The van der Waals surface area contributed by atoms with Crippen molar-refractivity contribution in [2.45, 2.75) is 18.0 Å². The van der Waals surface area contributed by atoms with Crippen molar-refractivity contribution in [2.24, 2.45) is 0 Å². The van der Waals surface area contributed by atoms with Gasteiger partial charge in [-0.2, -0.15) is 0 Å². The molecular weight excluding hydrogens is 462 g/mol. The first-order valence-electron chi connectivity index (χ1n) is 11.0. The zero-order valence-corrected chi connectivity index (χ0v) is 20.0. The Morgan fingerprint density at radius 2 is 1.46 bits per heavy atom. The summed E-state index contributed by atoms with van der Waals surface area (Å²) in [5.74, 6) is 0.920. The van der Waals surface area contributed by atoms with Crippen molar-refractivity contribution >= 4 is 23.6 Å². The number of amides is 2. The SMILES string of the molecule is COc1ccc(-n2c(Cc3ccccc3)nnc2SCC(=O)NNC(=O)Cc2ccccc2)cc1. The number of nitrogens with one attached hydrogen (secondary N) is 2. The van der Waals surface area contributed by atoms with Crippen molar-refractivity contribution in [3.63, 3.8) is 0 Å². The summed E-state index contributed by atoms with van der Waals surface area (Å²) in [4.78, 5) is 24.5. The number of nitrogens with zero attached hydrogens (tertiary/aromatic N) is 3. The number of carbonyl (C=O) groups excluding carboxylic acids is 2. The first-order chi connectivity index (χ1) is 17.1. The molecule has 0 unspecified atom stereocenters. The Balaban J connectivity index is 1.42. The highest BCUT2D eigenvalue weighted by atomic mass is 32.2. The Morgan fingerprint density at radius 3 is 2.11 bits per heavy atom. The molecule has 0 aliphatic carbocycles. The van der Waals surface area contributed by atoms with Crippen molar-refractivity contribution in [3.05, 3.63) is 102 Å². The van der Waals surface area contributed by atoms with E-state index in [1.54, 1.807) is 7.11 Å². The molecule has 0 radical (unpaired) electrons. The Morgan fingerprint density at radius 1 is 0.829 bits per heavy atom. The molecule has 9 heteroatoms. The third-order valence-electron chi connectivity index (χ3n) is 5.12. The number of aromatic nitrogens is 3. The smallest absolute Gasteiger partial charge is 0.248 e. The van der Waals surface area contributed by atoms with Crippen LogP contribution in [0.5, 0.6) is 5.75 Å². The van der Waals surface area contributed by atoms with Crippen LogP contribution in [0.15, 0.2) is 90.1 Å². The van der Waals surface area contributed by atoms with Crippen LogP contribution in [0.1, 0.15) is 17.0 Å². The molecule has 35 heavy (non-hydrogen) atoms. The summed E-state index contributed by atoms with van der Waals surface area (Å²) in [6.07, 6.45) is 0.769. The number of rotatable bonds is 9. The quantitative estimate of drug-likeness (QED) is 0.278. The summed E-state index contributed by atoms with van der Waals surface area (Å²) >= 11 is 1.24. The van der Waals surface area contributed by atoms with Gasteiger partial charge in [-0.05, 0) is 35.4 Å². The molecule has 0 spiro atoms. The molecule has 2 amide bonds. The van der Waals surface area contributed by atoms with Gasteiger partial charge in [0.2, 0.25) is 11.8 Å². The van der Waals surface area contributed by atoms with Gasteiger partial charge in [0, 0.05) is 12.1 Å². The standard InChI is InChI=1S/C26H25N5O3S/c1-34-22-14-12-21(13-15-22)31-23(16-19-8-4-2-5-9-19)27-30-26(31)35-18-25(33)29-28-24(32)17-20-10-6-3-7-11-20/h2-15H,16-18H2,1H3,(H,28,32)(H,29,33). The number of methoxy groups -OCH3 is 1. The van der Waals surface area contributed by atoms with Gasteiger partial charge in [0.25, 0.3) is 0 Å². The predicted molar refractivity (Wildman–Crippen MR) is 134 cm³/mol. The number of hydrogen-bond acceptors (Lipinski definition) is 6. The Hall–Kier alpha value is -4.11. The molecule has 1 heterocycles. The van der Waals surface area contributed by atoms with E-state index in [2.05, 4.69) is 21.0 Å². The fourth-order valence-electron chi connectivity index (χ4n) is 3.41. The molecule has 3 aromatic carbocycles. The first kappa shape index (κ1) is 24.0. The highest BCUT2D eigenvalue weighted by Crippen LogP contribution is 2.25. The predicted octanol–water partition coefficient (Wildman–Crippen LogP) is 3.35. The Bertz CT molecular complexity index is 1260. The van der Waals surface area contributed by atoms with E-state index in [-0.39, 0.29) is 24.0 Å². The summed E-state index contributed by atoms with van der Waals surface area (Å²) in [7, 11) is 1.62. The summed E-state index contributed by atoms with van der Waals surface area (Å²) in [6.45, 7) is 0. The van der Waals surface area contributed by atoms with Crippen LogP contribution in [0.2, 0.25) is 0 Å². The van der Waals surface area contributed by atoms with Gasteiger partial charge in [0.05, 0.1) is 19.3 Å². The number of hydrazine groups is 1. The van der Waals surface area contributed by atoms with Crippen molar-refractivity contribution in [1.29, 1.82) is 0 Å². The molecule has 0 bridgehead atoms.